The monoisotopic (exact) mass is 357 g/mol. The molecule has 1 unspecified atom stereocenters. The summed E-state index contributed by atoms with van der Waals surface area (Å²) < 4.78 is 0. The molecule has 0 aliphatic carbocycles. The molecule has 1 amide bonds. The SMILES string of the molecule is O=C(C1C=C(c2cn[nH]c2)SC1)N1CCC(O)(c2ncccn2)CC1. The fourth-order valence-electron chi connectivity index (χ4n) is 3.26. The van der Waals surface area contributed by atoms with E-state index in [2.05, 4.69) is 20.2 Å². The number of H-pyrrole nitrogens is 1. The first-order valence-corrected chi connectivity index (χ1v) is 9.27. The standard InChI is InChI=1S/C17H19N5O2S/c23-15(12-8-14(25-11-12)13-9-20-21-10-13)22-6-2-17(24,3-7-22)16-18-4-1-5-19-16/h1,4-5,8-10,12,24H,2-3,6-7,11H2,(H,20,21). The molecule has 2 aromatic rings. The number of rotatable bonds is 3. The Labute approximate surface area is 149 Å². The molecule has 0 spiro atoms. The number of amides is 1. The van der Waals surface area contributed by atoms with Gasteiger partial charge in [0.2, 0.25) is 5.91 Å². The van der Waals surface area contributed by atoms with Gasteiger partial charge >= 0.3 is 0 Å². The van der Waals surface area contributed by atoms with E-state index in [9.17, 15) is 9.90 Å². The second-order valence-electron chi connectivity index (χ2n) is 6.36. The van der Waals surface area contributed by atoms with E-state index < -0.39 is 5.60 Å². The quantitative estimate of drug-likeness (QED) is 0.862. The summed E-state index contributed by atoms with van der Waals surface area (Å²) >= 11 is 1.68. The van der Waals surface area contributed by atoms with Gasteiger partial charge in [0.15, 0.2) is 5.82 Å². The molecule has 7 nitrogen and oxygen atoms in total. The number of hydrogen-bond acceptors (Lipinski definition) is 6. The molecule has 0 saturated carbocycles. The minimum Gasteiger partial charge on any atom is -0.382 e. The Bertz CT molecular complexity index is 770. The van der Waals surface area contributed by atoms with Crippen LogP contribution in [0.25, 0.3) is 4.91 Å². The first-order valence-electron chi connectivity index (χ1n) is 8.28. The first-order chi connectivity index (χ1) is 12.2. The Balaban J connectivity index is 1.40. The highest BCUT2D eigenvalue weighted by molar-refractivity contribution is 8.08. The highest BCUT2D eigenvalue weighted by Crippen LogP contribution is 2.38. The number of aromatic nitrogens is 4. The molecule has 25 heavy (non-hydrogen) atoms. The van der Waals surface area contributed by atoms with Crippen LogP contribution in [-0.2, 0) is 10.4 Å². The van der Waals surface area contributed by atoms with Crippen LogP contribution in [0.5, 0.6) is 0 Å². The second-order valence-corrected chi connectivity index (χ2v) is 7.43. The van der Waals surface area contributed by atoms with Crippen LogP contribution >= 0.6 is 11.8 Å². The molecular weight excluding hydrogens is 338 g/mol. The molecule has 0 aromatic carbocycles. The predicted molar refractivity (Wildman–Crippen MR) is 94.3 cm³/mol. The molecule has 4 heterocycles. The maximum absolute atomic E-state index is 12.8. The lowest BCUT2D eigenvalue weighted by atomic mass is 9.90. The predicted octanol–water partition coefficient (Wildman–Crippen LogP) is 1.41. The number of thioether (sulfide) groups is 1. The van der Waals surface area contributed by atoms with E-state index in [1.165, 1.54) is 0 Å². The van der Waals surface area contributed by atoms with E-state index in [-0.39, 0.29) is 11.8 Å². The summed E-state index contributed by atoms with van der Waals surface area (Å²) in [5.41, 5.74) is -0.0187. The van der Waals surface area contributed by atoms with E-state index in [4.69, 9.17) is 0 Å². The molecule has 1 saturated heterocycles. The van der Waals surface area contributed by atoms with Crippen LogP contribution in [0.2, 0.25) is 0 Å². The molecular formula is C17H19N5O2S. The Morgan fingerprint density at radius 3 is 2.76 bits per heavy atom. The van der Waals surface area contributed by atoms with Crippen LogP contribution in [0, 0.1) is 5.92 Å². The zero-order valence-corrected chi connectivity index (χ0v) is 14.4. The van der Waals surface area contributed by atoms with Crippen molar-refractivity contribution >= 4 is 22.6 Å². The van der Waals surface area contributed by atoms with Crippen LogP contribution in [-0.4, -0.2) is 54.9 Å². The highest BCUT2D eigenvalue weighted by atomic mass is 32.2. The molecule has 1 atom stereocenters. The number of aliphatic hydroxyl groups is 1. The Morgan fingerprint density at radius 2 is 2.08 bits per heavy atom. The number of piperidine rings is 1. The van der Waals surface area contributed by atoms with E-state index in [0.29, 0.717) is 31.8 Å². The van der Waals surface area contributed by atoms with E-state index >= 15 is 0 Å². The zero-order valence-electron chi connectivity index (χ0n) is 13.6. The van der Waals surface area contributed by atoms with E-state index in [1.54, 1.807) is 36.4 Å². The number of nitrogens with zero attached hydrogens (tertiary/aromatic N) is 4. The van der Waals surface area contributed by atoms with Gasteiger partial charge in [0.05, 0.1) is 12.1 Å². The van der Waals surface area contributed by atoms with Gasteiger partial charge < -0.3 is 10.0 Å². The van der Waals surface area contributed by atoms with Crippen LogP contribution in [0.4, 0.5) is 0 Å². The van der Waals surface area contributed by atoms with Gasteiger partial charge in [0.1, 0.15) is 5.60 Å². The van der Waals surface area contributed by atoms with Crippen molar-refractivity contribution in [2.24, 2.45) is 5.92 Å². The minimum atomic E-state index is -1.04. The average molecular weight is 357 g/mol. The van der Waals surface area contributed by atoms with E-state index in [0.717, 1.165) is 16.2 Å². The first kappa shape index (κ1) is 16.3. The summed E-state index contributed by atoms with van der Waals surface area (Å²) in [6.07, 6.45) is 9.82. The van der Waals surface area contributed by atoms with Crippen molar-refractivity contribution in [1.29, 1.82) is 0 Å². The number of carbonyl (C=O) groups is 1. The summed E-state index contributed by atoms with van der Waals surface area (Å²) in [6, 6.07) is 1.73. The van der Waals surface area contributed by atoms with Crippen LogP contribution in [0.3, 0.4) is 0 Å². The molecule has 2 aromatic heterocycles. The van der Waals surface area contributed by atoms with Crippen LogP contribution in [0.15, 0.2) is 36.9 Å². The molecule has 4 rings (SSSR count). The Hall–Kier alpha value is -2.19. The van der Waals surface area contributed by atoms with Crippen molar-refractivity contribution in [1.82, 2.24) is 25.1 Å². The smallest absolute Gasteiger partial charge is 0.230 e. The molecule has 1 fully saturated rings. The highest BCUT2D eigenvalue weighted by Gasteiger charge is 2.39. The van der Waals surface area contributed by atoms with Gasteiger partial charge in [0.25, 0.3) is 0 Å². The fraction of sp³-hybridized carbons (Fsp3) is 0.412. The summed E-state index contributed by atoms with van der Waals surface area (Å²) in [5, 5.41) is 17.5. The lowest BCUT2D eigenvalue weighted by Crippen LogP contribution is -2.47. The van der Waals surface area contributed by atoms with Gasteiger partial charge in [-0.05, 0) is 6.07 Å². The number of hydrogen-bond donors (Lipinski definition) is 2. The third-order valence-corrected chi connectivity index (χ3v) is 5.96. The summed E-state index contributed by atoms with van der Waals surface area (Å²) in [5.74, 6) is 1.21. The molecule has 2 aliphatic heterocycles. The third-order valence-electron chi connectivity index (χ3n) is 4.76. The second kappa shape index (κ2) is 6.61. The van der Waals surface area contributed by atoms with Gasteiger partial charge in [-0.2, -0.15) is 5.10 Å². The van der Waals surface area contributed by atoms with Crippen molar-refractivity contribution in [2.45, 2.75) is 18.4 Å². The average Bonchev–Trinajstić information content (AvgIpc) is 3.34. The van der Waals surface area contributed by atoms with Crippen molar-refractivity contribution in [3.05, 3.63) is 48.3 Å². The van der Waals surface area contributed by atoms with Gasteiger partial charge in [0, 0.05) is 60.7 Å². The minimum absolute atomic E-state index is 0.117. The Kier molecular flexibility index (Phi) is 4.30. The molecule has 2 N–H and O–H groups in total. The number of aromatic amines is 1. The fourth-order valence-corrected chi connectivity index (χ4v) is 4.40. The van der Waals surface area contributed by atoms with Crippen LogP contribution < -0.4 is 0 Å². The number of nitrogens with one attached hydrogen (secondary N) is 1. The van der Waals surface area contributed by atoms with Crippen molar-refractivity contribution in [2.75, 3.05) is 18.8 Å². The normalized spacial score (nSPS) is 22.7. The molecule has 2 aliphatic rings. The third kappa shape index (κ3) is 3.19. The lowest BCUT2D eigenvalue weighted by Gasteiger charge is -2.37. The number of likely N-dealkylation sites (tertiary alicyclic amines) is 1. The topological polar surface area (TPSA) is 95.0 Å². The van der Waals surface area contributed by atoms with Gasteiger partial charge in [-0.1, -0.05) is 6.08 Å². The lowest BCUT2D eigenvalue weighted by molar-refractivity contribution is -0.138. The largest absolute Gasteiger partial charge is 0.382 e. The molecule has 130 valence electrons. The van der Waals surface area contributed by atoms with Gasteiger partial charge in [-0.15, -0.1) is 11.8 Å². The van der Waals surface area contributed by atoms with Gasteiger partial charge in [-0.3, -0.25) is 9.89 Å². The van der Waals surface area contributed by atoms with Crippen molar-refractivity contribution in [3.63, 3.8) is 0 Å². The van der Waals surface area contributed by atoms with Crippen LogP contribution in [0.1, 0.15) is 24.2 Å². The van der Waals surface area contributed by atoms with Crippen molar-refractivity contribution < 1.29 is 9.90 Å². The van der Waals surface area contributed by atoms with Gasteiger partial charge in [-0.25, -0.2) is 9.97 Å². The molecule has 8 heteroatoms. The maximum Gasteiger partial charge on any atom is 0.230 e. The molecule has 0 radical (unpaired) electrons. The molecule has 0 bridgehead atoms. The number of carbonyl (C=O) groups excluding carboxylic acids is 1. The zero-order chi connectivity index (χ0) is 17.3. The van der Waals surface area contributed by atoms with E-state index in [1.807, 2.05) is 17.2 Å². The summed E-state index contributed by atoms with van der Waals surface area (Å²) in [6.45, 7) is 1.03. The summed E-state index contributed by atoms with van der Waals surface area (Å²) in [7, 11) is 0. The maximum atomic E-state index is 12.8. The van der Waals surface area contributed by atoms with Crippen molar-refractivity contribution in [3.8, 4) is 0 Å². The Morgan fingerprint density at radius 1 is 1.32 bits per heavy atom. The summed E-state index contributed by atoms with van der Waals surface area (Å²) in [4.78, 5) is 24.1.